The molecule has 2 atom stereocenters. The summed E-state index contributed by atoms with van der Waals surface area (Å²) in [7, 11) is -3.99. The molecular weight excluding hydrogens is 1000 g/mol. The van der Waals surface area contributed by atoms with E-state index in [4.69, 9.17) is 32.1 Å². The van der Waals surface area contributed by atoms with Gasteiger partial charge in [-0.1, -0.05) is 72.2 Å². The van der Waals surface area contributed by atoms with E-state index in [0.29, 0.717) is 9.50 Å². The maximum Gasteiger partial charge on any atom is 0.265 e. The highest BCUT2D eigenvalue weighted by Crippen LogP contribution is 2.38. The number of hydrogen-bond acceptors (Lipinski definition) is 5. The summed E-state index contributed by atoms with van der Waals surface area (Å²) in [6.45, 7) is 21.5. The van der Waals surface area contributed by atoms with E-state index < -0.39 is 69.2 Å². The van der Waals surface area contributed by atoms with Gasteiger partial charge in [0.05, 0.1) is 31.1 Å². The third-order valence-corrected chi connectivity index (χ3v) is 20.9. The molecule has 19 heteroatoms. The molecule has 0 amide bonds. The first-order valence-corrected chi connectivity index (χ1v) is 26.4. The minimum Gasteiger partial charge on any atom is -0.417 e. The standard InChI is InChI=1S/C20H24BrClF3NO2Si.C15H23F3O2Si.C5H3BrClNO.CH4/c1-20(2,3)29(4,5)28-7-6-17(12-8-15(23)18(25)16(24)9-12)26-11-13(22)10-14(21)19(26)27;1-15(2,3)21(4,5)20-7-6-13(19)10-8-11(16)14(18)12(17)9-10;6-4-1-3(7)2-8-5(4)9;/h8-11,17H,6-7H2,1-5H3;8-9,13,19H,6-7H2,1-5H3;1-2H,(H,8,9);1H4. The molecule has 2 aromatic carbocycles. The number of benzene rings is 2. The van der Waals surface area contributed by atoms with Crippen molar-refractivity contribution in [1.29, 1.82) is 0 Å². The fraction of sp³-hybridized carbons (Fsp3) is 0.463. The summed E-state index contributed by atoms with van der Waals surface area (Å²) in [6, 6.07) is 5.63. The largest absolute Gasteiger partial charge is 0.417 e. The summed E-state index contributed by atoms with van der Waals surface area (Å²) in [4.78, 5) is 25.7. The number of aliphatic hydroxyl groups is 1. The Morgan fingerprint density at radius 2 is 1.10 bits per heavy atom. The van der Waals surface area contributed by atoms with Gasteiger partial charge in [-0.3, -0.25) is 9.59 Å². The summed E-state index contributed by atoms with van der Waals surface area (Å²) < 4.78 is 94.3. The Morgan fingerprint density at radius 1 is 0.700 bits per heavy atom. The van der Waals surface area contributed by atoms with Crippen LogP contribution in [-0.2, 0) is 8.85 Å². The van der Waals surface area contributed by atoms with Crippen molar-refractivity contribution in [3.63, 3.8) is 0 Å². The van der Waals surface area contributed by atoms with Crippen molar-refractivity contribution in [1.82, 2.24) is 9.55 Å². The van der Waals surface area contributed by atoms with E-state index in [-0.39, 0.29) is 69.7 Å². The Kier molecular flexibility index (Phi) is 21.3. The van der Waals surface area contributed by atoms with E-state index in [1.165, 1.54) is 23.0 Å². The van der Waals surface area contributed by atoms with Gasteiger partial charge in [0.1, 0.15) is 0 Å². The van der Waals surface area contributed by atoms with E-state index in [0.717, 1.165) is 24.3 Å². The minimum atomic E-state index is -2.07. The zero-order valence-corrected chi connectivity index (χ0v) is 41.1. The van der Waals surface area contributed by atoms with Gasteiger partial charge >= 0.3 is 0 Å². The second-order valence-corrected chi connectivity index (χ2v) is 28.8. The summed E-state index contributed by atoms with van der Waals surface area (Å²) in [6.07, 6.45) is 2.21. The zero-order valence-electron chi connectivity index (χ0n) is 34.4. The molecule has 4 aromatic rings. The molecule has 7 nitrogen and oxygen atoms in total. The molecule has 4 rings (SSSR count). The molecule has 0 aliphatic heterocycles. The second-order valence-electron chi connectivity index (χ2n) is 16.6. The lowest BCUT2D eigenvalue weighted by Crippen LogP contribution is -2.41. The first-order chi connectivity index (χ1) is 26.9. The van der Waals surface area contributed by atoms with Gasteiger partial charge in [-0.2, -0.15) is 0 Å². The van der Waals surface area contributed by atoms with E-state index in [9.17, 15) is 41.0 Å². The van der Waals surface area contributed by atoms with Crippen LogP contribution in [0.25, 0.3) is 0 Å². The maximum atomic E-state index is 13.9. The minimum absolute atomic E-state index is 0. The molecule has 2 N–H and O–H groups in total. The van der Waals surface area contributed by atoms with Gasteiger partial charge in [0.15, 0.2) is 51.5 Å². The number of nitrogens with one attached hydrogen (secondary N) is 1. The molecule has 336 valence electrons. The number of hydrogen-bond donors (Lipinski definition) is 2. The average Bonchev–Trinajstić information content (AvgIpc) is 3.10. The van der Waals surface area contributed by atoms with E-state index >= 15 is 0 Å². The summed E-state index contributed by atoms with van der Waals surface area (Å²) in [5.41, 5.74) is -0.446. The SMILES string of the molecule is C.CC(C)(C)[Si](C)(C)OCCC(O)c1cc(F)c(F)c(F)c1.CC(C)(C)[Si](C)(C)OCCC(c1cc(F)c(F)c(F)c1)n1cc(Cl)cc(Br)c1=O.O=c1[nH]cc(Cl)cc1Br. The average molecular weight is 1060 g/mol. The molecule has 0 saturated heterocycles. The Hall–Kier alpha value is -2.23. The third kappa shape index (κ3) is 15.8. The number of halogens is 10. The van der Waals surface area contributed by atoms with Gasteiger partial charge in [0, 0.05) is 25.6 Å². The van der Waals surface area contributed by atoms with Crippen molar-refractivity contribution in [2.24, 2.45) is 0 Å². The monoisotopic (exact) mass is 1050 g/mol. The molecule has 0 aliphatic carbocycles. The Bertz CT molecular complexity index is 2140. The van der Waals surface area contributed by atoms with E-state index in [2.05, 4.69) is 105 Å². The van der Waals surface area contributed by atoms with Crippen LogP contribution in [0.5, 0.6) is 0 Å². The summed E-state index contributed by atoms with van der Waals surface area (Å²) >= 11 is 17.8. The van der Waals surface area contributed by atoms with Gasteiger partial charge < -0.3 is 23.5 Å². The second kappa shape index (κ2) is 22.9. The predicted octanol–water partition coefficient (Wildman–Crippen LogP) is 13.7. The van der Waals surface area contributed by atoms with Crippen LogP contribution >= 0.6 is 55.1 Å². The van der Waals surface area contributed by atoms with Gasteiger partial charge in [-0.05, 0) is 128 Å². The van der Waals surface area contributed by atoms with Gasteiger partial charge in [0.25, 0.3) is 11.1 Å². The molecule has 0 saturated carbocycles. The lowest BCUT2D eigenvalue weighted by molar-refractivity contribution is 0.135. The lowest BCUT2D eigenvalue weighted by atomic mass is 10.0. The highest BCUT2D eigenvalue weighted by Gasteiger charge is 2.38. The number of aromatic nitrogens is 2. The maximum absolute atomic E-state index is 13.9. The normalized spacial score (nSPS) is 13.0. The van der Waals surface area contributed by atoms with Crippen LogP contribution in [0.15, 0.2) is 67.3 Å². The van der Waals surface area contributed by atoms with Crippen molar-refractivity contribution >= 4 is 71.7 Å². The van der Waals surface area contributed by atoms with Crippen molar-refractivity contribution in [2.75, 3.05) is 13.2 Å². The summed E-state index contributed by atoms with van der Waals surface area (Å²) in [5, 5.41) is 10.8. The van der Waals surface area contributed by atoms with Crippen LogP contribution in [0.1, 0.15) is 85.1 Å². The fourth-order valence-electron chi connectivity index (χ4n) is 4.65. The molecule has 60 heavy (non-hydrogen) atoms. The molecule has 2 unspecified atom stereocenters. The van der Waals surface area contributed by atoms with Crippen molar-refractivity contribution < 1.29 is 40.3 Å². The molecule has 0 fully saturated rings. The Balaban J connectivity index is 0.000000505. The van der Waals surface area contributed by atoms with Crippen molar-refractivity contribution in [3.8, 4) is 0 Å². The highest BCUT2D eigenvalue weighted by atomic mass is 79.9. The Labute approximate surface area is 377 Å². The number of pyridine rings is 2. The first-order valence-electron chi connectivity index (χ1n) is 18.3. The number of aromatic amines is 1. The number of aliphatic hydroxyl groups excluding tert-OH is 1. The Morgan fingerprint density at radius 3 is 1.50 bits per heavy atom. The lowest BCUT2D eigenvalue weighted by Gasteiger charge is -2.36. The van der Waals surface area contributed by atoms with Crippen LogP contribution in [0.2, 0.25) is 46.3 Å². The quantitative estimate of drug-likeness (QED) is 0.0887. The number of nitrogens with zero attached hydrogens (tertiary/aromatic N) is 1. The highest BCUT2D eigenvalue weighted by molar-refractivity contribution is 9.10. The van der Waals surface area contributed by atoms with Gasteiger partial charge in [-0.25, -0.2) is 26.3 Å². The van der Waals surface area contributed by atoms with Crippen LogP contribution < -0.4 is 11.1 Å². The smallest absolute Gasteiger partial charge is 0.265 e. The number of rotatable bonds is 11. The molecule has 0 bridgehead atoms. The first kappa shape index (κ1) is 55.8. The van der Waals surface area contributed by atoms with E-state index in [1.807, 2.05) is 0 Å². The van der Waals surface area contributed by atoms with Gasteiger partial charge in [0.2, 0.25) is 0 Å². The van der Waals surface area contributed by atoms with Gasteiger partial charge in [-0.15, -0.1) is 0 Å². The third-order valence-electron chi connectivity index (χ3n) is 10.2. The molecule has 0 spiro atoms. The van der Waals surface area contributed by atoms with Crippen LogP contribution in [0, 0.1) is 34.9 Å². The molecule has 2 aromatic heterocycles. The molecule has 2 heterocycles. The number of H-pyrrole nitrogens is 1. The van der Waals surface area contributed by atoms with Crippen LogP contribution in [0.3, 0.4) is 0 Å². The topological polar surface area (TPSA) is 93.5 Å². The van der Waals surface area contributed by atoms with Crippen LogP contribution in [-0.4, -0.2) is 44.5 Å². The van der Waals surface area contributed by atoms with Crippen LogP contribution in [0.4, 0.5) is 26.3 Å². The molecule has 0 radical (unpaired) electrons. The predicted molar refractivity (Wildman–Crippen MR) is 241 cm³/mol. The molecular formula is C41H54Br2Cl2F6N2O5Si2. The zero-order chi connectivity index (χ0) is 45.4. The van der Waals surface area contributed by atoms with E-state index in [1.54, 1.807) is 6.07 Å². The molecule has 0 aliphatic rings. The fourth-order valence-corrected chi connectivity index (χ4v) is 8.23. The van der Waals surface area contributed by atoms with Crippen molar-refractivity contribution in [2.45, 2.75) is 110 Å². The summed E-state index contributed by atoms with van der Waals surface area (Å²) in [5.74, 6) is -8.30. The van der Waals surface area contributed by atoms with Crippen molar-refractivity contribution in [3.05, 3.63) is 135 Å².